The Balaban J connectivity index is 2.16. The van der Waals surface area contributed by atoms with Crippen LogP contribution in [0.25, 0.3) is 11.2 Å². The molecule has 0 saturated heterocycles. The lowest BCUT2D eigenvalue weighted by Gasteiger charge is -2.10. The second-order valence-electron chi connectivity index (χ2n) is 4.51. The minimum absolute atomic E-state index is 0.173. The molecule has 0 spiro atoms. The Hall–Kier alpha value is -2.07. The zero-order valence-corrected chi connectivity index (χ0v) is 13.9. The predicted octanol–water partition coefficient (Wildman–Crippen LogP) is 1.40. The Morgan fingerprint density at radius 3 is 2.64 bits per heavy atom. The highest BCUT2D eigenvalue weighted by Gasteiger charge is 2.16. The lowest BCUT2D eigenvalue weighted by Crippen LogP contribution is -2.23. The zero-order chi connectivity index (χ0) is 16.0. The van der Waals surface area contributed by atoms with Crippen molar-refractivity contribution >= 4 is 43.0 Å². The minimum atomic E-state index is -0.631. The number of hydrogen-bond donors (Lipinski definition) is 4. The van der Waals surface area contributed by atoms with E-state index in [1.807, 2.05) is 0 Å². The molecule has 3 aromatic rings. The summed E-state index contributed by atoms with van der Waals surface area (Å²) in [6.45, 7) is 0.193. The van der Waals surface area contributed by atoms with Gasteiger partial charge >= 0.3 is 5.69 Å². The quantitative estimate of drug-likeness (QED) is 0.456. The first-order chi connectivity index (χ1) is 10.4. The first kappa shape index (κ1) is 14.9. The van der Waals surface area contributed by atoms with Gasteiger partial charge in [0, 0.05) is 4.47 Å². The number of H-pyrrole nitrogens is 2. The molecule has 0 aliphatic carbocycles. The molecule has 0 aliphatic heterocycles. The van der Waals surface area contributed by atoms with E-state index in [2.05, 4.69) is 46.8 Å². The Bertz CT molecular complexity index is 1000. The van der Waals surface area contributed by atoms with E-state index in [1.165, 1.54) is 17.0 Å². The maximum atomic E-state index is 11.9. The highest BCUT2D eigenvalue weighted by Crippen LogP contribution is 2.41. The number of benzene rings is 1. The monoisotopic (exact) mass is 430 g/mol. The average Bonchev–Trinajstić information content (AvgIpc) is 2.85. The summed E-state index contributed by atoms with van der Waals surface area (Å²) < 4.78 is 2.35. The van der Waals surface area contributed by atoms with Crippen LogP contribution in [-0.2, 0) is 6.54 Å². The number of rotatable bonds is 2. The van der Waals surface area contributed by atoms with Crippen molar-refractivity contribution in [3.8, 4) is 11.5 Å². The molecular formula is C12H8Br2N4O4. The first-order valence-corrected chi connectivity index (χ1v) is 7.53. The molecule has 2 heterocycles. The van der Waals surface area contributed by atoms with Gasteiger partial charge in [-0.25, -0.2) is 9.78 Å². The molecule has 0 fully saturated rings. The molecule has 0 aliphatic rings. The number of aromatic amines is 2. The summed E-state index contributed by atoms with van der Waals surface area (Å²) >= 11 is 6.47. The lowest BCUT2D eigenvalue weighted by molar-refractivity contribution is 0.400. The molecule has 22 heavy (non-hydrogen) atoms. The van der Waals surface area contributed by atoms with Crippen LogP contribution in [0.4, 0.5) is 0 Å². The number of imidazole rings is 1. The fourth-order valence-electron chi connectivity index (χ4n) is 2.09. The maximum Gasteiger partial charge on any atom is 0.327 e. The van der Waals surface area contributed by atoms with Crippen LogP contribution in [0.2, 0.25) is 0 Å². The normalized spacial score (nSPS) is 11.2. The van der Waals surface area contributed by atoms with Gasteiger partial charge in [-0.05, 0) is 43.5 Å². The van der Waals surface area contributed by atoms with E-state index in [0.717, 1.165) is 0 Å². The van der Waals surface area contributed by atoms with Crippen molar-refractivity contribution in [3.63, 3.8) is 0 Å². The molecule has 2 aromatic heterocycles. The second-order valence-corrected chi connectivity index (χ2v) is 6.10. The molecule has 3 rings (SSSR count). The fourth-order valence-corrected chi connectivity index (χ4v) is 2.97. The molecule has 8 nitrogen and oxygen atoms in total. The highest BCUT2D eigenvalue weighted by molar-refractivity contribution is 9.13. The van der Waals surface area contributed by atoms with E-state index in [0.29, 0.717) is 14.5 Å². The molecule has 0 amide bonds. The van der Waals surface area contributed by atoms with E-state index in [4.69, 9.17) is 0 Å². The van der Waals surface area contributed by atoms with Crippen LogP contribution in [0.15, 0.2) is 30.9 Å². The van der Waals surface area contributed by atoms with Crippen molar-refractivity contribution < 1.29 is 10.2 Å². The highest BCUT2D eigenvalue weighted by atomic mass is 79.9. The van der Waals surface area contributed by atoms with Crippen molar-refractivity contribution in [2.75, 3.05) is 0 Å². The SMILES string of the molecule is O=c1[nH]c(=O)c2c(ncn2Cc2cc(O)c(O)c(Br)c2Br)[nH]1. The number of phenols is 2. The Morgan fingerprint density at radius 2 is 1.91 bits per heavy atom. The number of nitrogens with zero attached hydrogens (tertiary/aromatic N) is 2. The Kier molecular flexibility index (Phi) is 3.57. The predicted molar refractivity (Wildman–Crippen MR) is 85.2 cm³/mol. The van der Waals surface area contributed by atoms with Gasteiger partial charge in [0.2, 0.25) is 0 Å². The number of nitrogens with one attached hydrogen (secondary N) is 2. The van der Waals surface area contributed by atoms with Gasteiger partial charge in [0.15, 0.2) is 22.7 Å². The third-order valence-corrected chi connectivity index (χ3v) is 5.30. The number of halogens is 2. The van der Waals surface area contributed by atoms with Gasteiger partial charge in [-0.15, -0.1) is 0 Å². The molecule has 0 unspecified atom stereocenters. The average molecular weight is 432 g/mol. The minimum Gasteiger partial charge on any atom is -0.504 e. The van der Waals surface area contributed by atoms with Crippen LogP contribution in [0, 0.1) is 0 Å². The summed E-state index contributed by atoms with van der Waals surface area (Å²) in [5.74, 6) is -0.579. The summed E-state index contributed by atoms with van der Waals surface area (Å²) in [5, 5.41) is 19.3. The lowest BCUT2D eigenvalue weighted by atomic mass is 10.2. The van der Waals surface area contributed by atoms with Crippen molar-refractivity contribution in [2.45, 2.75) is 6.54 Å². The van der Waals surface area contributed by atoms with E-state index in [9.17, 15) is 19.8 Å². The summed E-state index contributed by atoms with van der Waals surface area (Å²) in [5.41, 5.74) is -0.211. The number of aromatic hydroxyl groups is 2. The van der Waals surface area contributed by atoms with Gasteiger partial charge in [-0.3, -0.25) is 14.8 Å². The van der Waals surface area contributed by atoms with Crippen molar-refractivity contribution in [1.82, 2.24) is 19.5 Å². The summed E-state index contributed by atoms with van der Waals surface area (Å²) in [6, 6.07) is 1.37. The van der Waals surface area contributed by atoms with Gasteiger partial charge in [-0.2, -0.15) is 0 Å². The largest absolute Gasteiger partial charge is 0.504 e. The van der Waals surface area contributed by atoms with Crippen molar-refractivity contribution in [1.29, 1.82) is 0 Å². The first-order valence-electron chi connectivity index (χ1n) is 5.94. The zero-order valence-electron chi connectivity index (χ0n) is 10.7. The van der Waals surface area contributed by atoms with E-state index in [-0.39, 0.29) is 29.2 Å². The van der Waals surface area contributed by atoms with Crippen LogP contribution >= 0.6 is 31.9 Å². The van der Waals surface area contributed by atoms with Gasteiger partial charge in [-0.1, -0.05) is 0 Å². The van der Waals surface area contributed by atoms with Crippen LogP contribution in [0.1, 0.15) is 5.56 Å². The van der Waals surface area contributed by atoms with Crippen molar-refractivity contribution in [3.05, 3.63) is 47.7 Å². The summed E-state index contributed by atoms with van der Waals surface area (Å²) in [7, 11) is 0. The van der Waals surface area contributed by atoms with Gasteiger partial charge in [0.25, 0.3) is 5.56 Å². The van der Waals surface area contributed by atoms with E-state index in [1.54, 1.807) is 0 Å². The number of hydrogen-bond acceptors (Lipinski definition) is 5. The van der Waals surface area contributed by atoms with E-state index < -0.39 is 11.2 Å². The molecule has 0 atom stereocenters. The fraction of sp³-hybridized carbons (Fsp3) is 0.0833. The number of aromatic nitrogens is 4. The number of phenolic OH excluding ortho intramolecular Hbond substituents is 2. The smallest absolute Gasteiger partial charge is 0.327 e. The van der Waals surface area contributed by atoms with Crippen LogP contribution in [0.3, 0.4) is 0 Å². The summed E-state index contributed by atoms with van der Waals surface area (Å²) in [4.78, 5) is 31.7. The third-order valence-electron chi connectivity index (χ3n) is 3.09. The molecule has 10 heteroatoms. The molecule has 1 aromatic carbocycles. The molecule has 0 bridgehead atoms. The standard InChI is InChI=1S/C12H8Br2N4O4/c13-6-4(1-5(19)9(20)7(6)14)2-18-3-15-10-8(18)11(21)17-12(22)16-10/h1,3,19-20H,2H2,(H2,16,17,21,22). The molecular weight excluding hydrogens is 424 g/mol. The molecule has 0 saturated carbocycles. The Labute approximate surface area is 138 Å². The molecule has 114 valence electrons. The second kappa shape index (κ2) is 5.29. The van der Waals surface area contributed by atoms with Crippen molar-refractivity contribution in [2.24, 2.45) is 0 Å². The number of fused-ring (bicyclic) bond motifs is 1. The maximum absolute atomic E-state index is 11.9. The van der Waals surface area contributed by atoms with Crippen LogP contribution in [0.5, 0.6) is 11.5 Å². The van der Waals surface area contributed by atoms with Crippen LogP contribution in [-0.4, -0.2) is 29.7 Å². The molecule has 0 radical (unpaired) electrons. The van der Waals surface area contributed by atoms with Gasteiger partial charge in [0.1, 0.15) is 0 Å². The van der Waals surface area contributed by atoms with Gasteiger partial charge in [0.05, 0.1) is 17.3 Å². The van der Waals surface area contributed by atoms with Gasteiger partial charge < -0.3 is 14.8 Å². The Morgan fingerprint density at radius 1 is 1.18 bits per heavy atom. The van der Waals surface area contributed by atoms with Crippen LogP contribution < -0.4 is 11.2 Å². The van der Waals surface area contributed by atoms with E-state index >= 15 is 0 Å². The topological polar surface area (TPSA) is 124 Å². The third kappa shape index (κ3) is 2.33. The summed E-state index contributed by atoms with van der Waals surface area (Å²) in [6.07, 6.45) is 1.40. The molecule has 4 N–H and O–H groups in total.